The molecular formula is C4H11N3O. The Bertz CT molecular complexity index is 65.7. The summed E-state index contributed by atoms with van der Waals surface area (Å²) in [7, 11) is 0. The first-order valence-corrected chi connectivity index (χ1v) is 2.49. The highest BCUT2D eigenvalue weighted by Gasteiger charge is 2.05. The maximum atomic E-state index is 10.1. The van der Waals surface area contributed by atoms with E-state index >= 15 is 0 Å². The Morgan fingerprint density at radius 1 is 1.50 bits per heavy atom. The highest BCUT2D eigenvalue weighted by molar-refractivity contribution is 5.77. The van der Waals surface area contributed by atoms with Crippen LogP contribution in [0.1, 0.15) is 12.8 Å². The lowest BCUT2D eigenvalue weighted by molar-refractivity contribution is -0.119. The van der Waals surface area contributed by atoms with E-state index in [1.165, 1.54) is 0 Å². The van der Waals surface area contributed by atoms with Crippen molar-refractivity contribution in [1.29, 1.82) is 0 Å². The lowest BCUT2D eigenvalue weighted by atomic mass is 10.4. The number of carbonyl (C=O) groups is 1. The molecule has 0 bridgehead atoms. The Hall–Kier alpha value is -0.610. The third-order valence-corrected chi connectivity index (χ3v) is 0.903. The summed E-state index contributed by atoms with van der Waals surface area (Å²) in [5.41, 5.74) is 0. The molecule has 4 nitrogen and oxygen atoms in total. The van der Waals surface area contributed by atoms with Crippen LogP contribution in [0.3, 0.4) is 0 Å². The van der Waals surface area contributed by atoms with Crippen LogP contribution in [-0.4, -0.2) is 12.5 Å². The number of hydrazine groups is 1. The zero-order valence-corrected chi connectivity index (χ0v) is 4.68. The number of rotatable bonds is 0. The molecule has 8 heavy (non-hydrogen) atoms. The molecule has 1 heterocycles. The molecule has 1 amide bonds. The molecule has 0 aromatic heterocycles. The topological polar surface area (TPSA) is 81.1 Å². The molecule has 4 heteroatoms. The second-order valence-corrected chi connectivity index (χ2v) is 1.45. The largest absolute Gasteiger partial charge is 0.356 e. The summed E-state index contributed by atoms with van der Waals surface area (Å²) in [5, 5.41) is 2.68. The normalized spacial score (nSPS) is 16.5. The molecule has 1 fully saturated rings. The summed E-state index contributed by atoms with van der Waals surface area (Å²) in [5.74, 6) is 8.20. The van der Waals surface area contributed by atoms with E-state index in [1.807, 2.05) is 0 Å². The van der Waals surface area contributed by atoms with E-state index in [4.69, 9.17) is 0 Å². The van der Waals surface area contributed by atoms with Gasteiger partial charge in [0, 0.05) is 13.0 Å². The number of hydrogen-bond donors (Lipinski definition) is 3. The molecule has 0 saturated carbocycles. The van der Waals surface area contributed by atoms with Gasteiger partial charge in [-0.15, -0.1) is 0 Å². The standard InChI is InChI=1S/C4H7NO.H4N2/c6-4-2-1-3-5-4;1-2/h1-3H2,(H,5,6);1-2H2. The summed E-state index contributed by atoms with van der Waals surface area (Å²) in [6.45, 7) is 0.888. The van der Waals surface area contributed by atoms with Crippen LogP contribution in [-0.2, 0) is 4.79 Å². The van der Waals surface area contributed by atoms with E-state index in [1.54, 1.807) is 0 Å². The zero-order valence-electron chi connectivity index (χ0n) is 4.68. The number of amides is 1. The Kier molecular flexibility index (Phi) is 4.20. The fraction of sp³-hybridized carbons (Fsp3) is 0.750. The molecule has 0 spiro atoms. The van der Waals surface area contributed by atoms with Crippen LogP contribution in [0.2, 0.25) is 0 Å². The van der Waals surface area contributed by atoms with Gasteiger partial charge < -0.3 is 5.32 Å². The van der Waals surface area contributed by atoms with Crippen molar-refractivity contribution in [2.45, 2.75) is 12.8 Å². The third kappa shape index (κ3) is 2.54. The van der Waals surface area contributed by atoms with Gasteiger partial charge in [-0.1, -0.05) is 0 Å². The van der Waals surface area contributed by atoms with Gasteiger partial charge in [0.2, 0.25) is 5.91 Å². The van der Waals surface area contributed by atoms with E-state index in [0.717, 1.165) is 19.4 Å². The van der Waals surface area contributed by atoms with Crippen molar-refractivity contribution < 1.29 is 4.79 Å². The van der Waals surface area contributed by atoms with Gasteiger partial charge >= 0.3 is 0 Å². The quantitative estimate of drug-likeness (QED) is 0.273. The first kappa shape index (κ1) is 7.39. The Morgan fingerprint density at radius 2 is 2.12 bits per heavy atom. The maximum Gasteiger partial charge on any atom is 0.220 e. The molecule has 0 aliphatic carbocycles. The predicted molar refractivity (Wildman–Crippen MR) is 30.6 cm³/mol. The second kappa shape index (κ2) is 4.55. The van der Waals surface area contributed by atoms with Crippen molar-refractivity contribution in [3.63, 3.8) is 0 Å². The van der Waals surface area contributed by atoms with E-state index in [2.05, 4.69) is 17.0 Å². The van der Waals surface area contributed by atoms with Crippen molar-refractivity contribution in [3.8, 4) is 0 Å². The number of hydrogen-bond acceptors (Lipinski definition) is 3. The van der Waals surface area contributed by atoms with Crippen molar-refractivity contribution in [2.75, 3.05) is 6.54 Å². The van der Waals surface area contributed by atoms with Crippen molar-refractivity contribution in [3.05, 3.63) is 0 Å². The van der Waals surface area contributed by atoms with E-state index in [9.17, 15) is 4.79 Å². The summed E-state index contributed by atoms with van der Waals surface area (Å²) in [6.07, 6.45) is 1.76. The second-order valence-electron chi connectivity index (χ2n) is 1.45. The fourth-order valence-corrected chi connectivity index (χ4v) is 0.565. The van der Waals surface area contributed by atoms with Gasteiger partial charge in [-0.05, 0) is 6.42 Å². The lowest BCUT2D eigenvalue weighted by Gasteiger charge is -1.80. The highest BCUT2D eigenvalue weighted by atomic mass is 16.1. The SMILES string of the molecule is NN.O=C1CCCN1. The van der Waals surface area contributed by atoms with Crippen LogP contribution in [0.4, 0.5) is 0 Å². The number of nitrogens with one attached hydrogen (secondary N) is 1. The molecule has 5 N–H and O–H groups in total. The summed E-state index contributed by atoms with van der Waals surface area (Å²) in [4.78, 5) is 10.1. The molecule has 0 aromatic carbocycles. The van der Waals surface area contributed by atoms with Crippen LogP contribution in [0.5, 0.6) is 0 Å². The maximum absolute atomic E-state index is 10.1. The number of carbonyl (C=O) groups excluding carboxylic acids is 1. The summed E-state index contributed by atoms with van der Waals surface area (Å²) >= 11 is 0. The molecular weight excluding hydrogens is 106 g/mol. The van der Waals surface area contributed by atoms with Gasteiger partial charge in [0.25, 0.3) is 0 Å². The molecule has 1 aliphatic heterocycles. The van der Waals surface area contributed by atoms with Gasteiger partial charge in [0.15, 0.2) is 0 Å². The zero-order chi connectivity index (χ0) is 6.41. The molecule has 1 rings (SSSR count). The van der Waals surface area contributed by atoms with Crippen LogP contribution >= 0.6 is 0 Å². The van der Waals surface area contributed by atoms with Crippen LogP contribution in [0, 0.1) is 0 Å². The predicted octanol–water partition coefficient (Wildman–Crippen LogP) is -1.28. The van der Waals surface area contributed by atoms with Crippen LogP contribution < -0.4 is 17.0 Å². The third-order valence-electron chi connectivity index (χ3n) is 0.903. The monoisotopic (exact) mass is 117 g/mol. The van der Waals surface area contributed by atoms with E-state index in [0.29, 0.717) is 0 Å². The molecule has 0 unspecified atom stereocenters. The fourth-order valence-electron chi connectivity index (χ4n) is 0.565. The van der Waals surface area contributed by atoms with Gasteiger partial charge in [-0.2, -0.15) is 0 Å². The average Bonchev–Trinajstić information content (AvgIpc) is 2.24. The molecule has 0 radical (unpaired) electrons. The molecule has 1 saturated heterocycles. The Morgan fingerprint density at radius 3 is 2.25 bits per heavy atom. The van der Waals surface area contributed by atoms with E-state index < -0.39 is 0 Å². The van der Waals surface area contributed by atoms with Gasteiger partial charge in [0.05, 0.1) is 0 Å². The van der Waals surface area contributed by atoms with Crippen molar-refractivity contribution in [1.82, 2.24) is 5.32 Å². The molecule has 1 aliphatic rings. The summed E-state index contributed by atoms with van der Waals surface area (Å²) in [6, 6.07) is 0. The molecule has 48 valence electrons. The lowest BCUT2D eigenvalue weighted by Crippen LogP contribution is -2.12. The number of nitrogens with two attached hydrogens (primary N) is 2. The minimum atomic E-state index is 0.204. The smallest absolute Gasteiger partial charge is 0.220 e. The minimum absolute atomic E-state index is 0.204. The highest BCUT2D eigenvalue weighted by Crippen LogP contribution is 1.93. The Labute approximate surface area is 48.2 Å². The molecule has 0 atom stereocenters. The van der Waals surface area contributed by atoms with Gasteiger partial charge in [0.1, 0.15) is 0 Å². The summed E-state index contributed by atoms with van der Waals surface area (Å²) < 4.78 is 0. The van der Waals surface area contributed by atoms with Crippen LogP contribution in [0.25, 0.3) is 0 Å². The minimum Gasteiger partial charge on any atom is -0.356 e. The average molecular weight is 117 g/mol. The van der Waals surface area contributed by atoms with Crippen molar-refractivity contribution in [2.24, 2.45) is 11.7 Å². The van der Waals surface area contributed by atoms with E-state index in [-0.39, 0.29) is 5.91 Å². The van der Waals surface area contributed by atoms with Crippen LogP contribution in [0.15, 0.2) is 0 Å². The van der Waals surface area contributed by atoms with Crippen molar-refractivity contribution >= 4 is 5.91 Å². The molecule has 0 aromatic rings. The Balaban J connectivity index is 0.000000222. The van der Waals surface area contributed by atoms with Gasteiger partial charge in [-0.25, -0.2) is 0 Å². The first-order valence-electron chi connectivity index (χ1n) is 2.49. The first-order chi connectivity index (χ1) is 3.89. The van der Waals surface area contributed by atoms with Gasteiger partial charge in [-0.3, -0.25) is 16.5 Å².